The zero-order valence-corrected chi connectivity index (χ0v) is 26.8. The SMILES string of the molecule is Cc1cccc(C)c1-c1cc(-c2cccc(-c3nc4ccccn4c3-c3ccccc3)c2)nc(-c2ccc(-c3ccccc3)cc2O)c1. The summed E-state index contributed by atoms with van der Waals surface area (Å²) in [7, 11) is 0. The molecular weight excluding hydrogens is 587 g/mol. The Hall–Kier alpha value is -6.26. The van der Waals surface area contributed by atoms with E-state index in [9.17, 15) is 5.11 Å². The van der Waals surface area contributed by atoms with Gasteiger partial charge in [-0.05, 0) is 89.7 Å². The summed E-state index contributed by atoms with van der Waals surface area (Å²) in [4.78, 5) is 10.3. The Morgan fingerprint density at radius 2 is 1.12 bits per heavy atom. The molecule has 0 atom stereocenters. The molecule has 8 aromatic rings. The third-order valence-corrected chi connectivity index (χ3v) is 8.98. The van der Waals surface area contributed by atoms with E-state index in [0.717, 1.165) is 56.1 Å². The van der Waals surface area contributed by atoms with E-state index < -0.39 is 0 Å². The van der Waals surface area contributed by atoms with Gasteiger partial charge >= 0.3 is 0 Å². The molecule has 0 saturated carbocycles. The second-order valence-electron chi connectivity index (χ2n) is 12.2. The predicted octanol–water partition coefficient (Wildman–Crippen LogP) is 11.1. The minimum atomic E-state index is 0.194. The molecule has 0 amide bonds. The molecule has 4 heteroatoms. The van der Waals surface area contributed by atoms with Crippen LogP contribution in [0.15, 0.2) is 158 Å². The molecule has 0 aliphatic heterocycles. The van der Waals surface area contributed by atoms with Crippen LogP contribution >= 0.6 is 0 Å². The lowest BCUT2D eigenvalue weighted by molar-refractivity contribution is 0.477. The summed E-state index contributed by atoms with van der Waals surface area (Å²) in [6.45, 7) is 4.28. The van der Waals surface area contributed by atoms with Crippen LogP contribution in [-0.2, 0) is 0 Å². The van der Waals surface area contributed by atoms with Gasteiger partial charge in [0.2, 0.25) is 0 Å². The number of imidazole rings is 1. The Morgan fingerprint density at radius 3 is 1.88 bits per heavy atom. The van der Waals surface area contributed by atoms with Gasteiger partial charge in [0.25, 0.3) is 0 Å². The number of aromatic hydroxyl groups is 1. The van der Waals surface area contributed by atoms with Crippen LogP contribution in [0.4, 0.5) is 0 Å². The zero-order chi connectivity index (χ0) is 32.6. The van der Waals surface area contributed by atoms with Gasteiger partial charge in [-0.25, -0.2) is 9.97 Å². The summed E-state index contributed by atoms with van der Waals surface area (Å²) in [5.74, 6) is 0.194. The van der Waals surface area contributed by atoms with Crippen molar-refractivity contribution in [2.45, 2.75) is 13.8 Å². The number of fused-ring (bicyclic) bond motifs is 1. The quantitative estimate of drug-likeness (QED) is 0.201. The summed E-state index contributed by atoms with van der Waals surface area (Å²) in [5, 5.41) is 11.4. The lowest BCUT2D eigenvalue weighted by atomic mass is 9.93. The molecule has 0 spiro atoms. The third-order valence-electron chi connectivity index (χ3n) is 8.98. The van der Waals surface area contributed by atoms with Crippen LogP contribution in [0.3, 0.4) is 0 Å². The highest BCUT2D eigenvalue weighted by molar-refractivity contribution is 5.86. The lowest BCUT2D eigenvalue weighted by Gasteiger charge is -2.15. The van der Waals surface area contributed by atoms with Crippen LogP contribution in [0.5, 0.6) is 5.75 Å². The molecule has 0 bridgehead atoms. The van der Waals surface area contributed by atoms with Crippen LogP contribution in [0.2, 0.25) is 0 Å². The first-order chi connectivity index (χ1) is 23.5. The molecule has 0 radical (unpaired) electrons. The molecule has 3 aromatic heterocycles. The number of phenolic OH excluding ortho intramolecular Hbond substituents is 1. The average molecular weight is 620 g/mol. The topological polar surface area (TPSA) is 50.4 Å². The number of rotatable bonds is 6. The Balaban J connectivity index is 1.30. The number of phenols is 1. The van der Waals surface area contributed by atoms with Gasteiger partial charge in [-0.15, -0.1) is 0 Å². The fourth-order valence-corrected chi connectivity index (χ4v) is 6.68. The molecule has 0 fully saturated rings. The molecule has 0 unspecified atom stereocenters. The fourth-order valence-electron chi connectivity index (χ4n) is 6.68. The van der Waals surface area contributed by atoms with Gasteiger partial charge in [-0.3, -0.25) is 4.40 Å². The number of benzene rings is 5. The van der Waals surface area contributed by atoms with Crippen LogP contribution in [-0.4, -0.2) is 19.5 Å². The molecule has 1 N–H and O–H groups in total. The third kappa shape index (κ3) is 5.33. The normalized spacial score (nSPS) is 11.2. The van der Waals surface area contributed by atoms with Crippen molar-refractivity contribution < 1.29 is 5.11 Å². The maximum absolute atomic E-state index is 11.4. The van der Waals surface area contributed by atoms with E-state index >= 15 is 0 Å². The van der Waals surface area contributed by atoms with E-state index in [0.29, 0.717) is 11.3 Å². The summed E-state index contributed by atoms with van der Waals surface area (Å²) < 4.78 is 2.15. The van der Waals surface area contributed by atoms with Crippen molar-refractivity contribution in [1.29, 1.82) is 0 Å². The fraction of sp³-hybridized carbons (Fsp3) is 0.0455. The van der Waals surface area contributed by atoms with Crippen LogP contribution < -0.4 is 0 Å². The summed E-state index contributed by atoms with van der Waals surface area (Å²) in [6.07, 6.45) is 2.06. The second kappa shape index (κ2) is 12.2. The van der Waals surface area contributed by atoms with Crippen molar-refractivity contribution in [2.24, 2.45) is 0 Å². The van der Waals surface area contributed by atoms with E-state index in [1.165, 1.54) is 16.7 Å². The first kappa shape index (κ1) is 29.2. The van der Waals surface area contributed by atoms with Gasteiger partial charge in [0, 0.05) is 28.5 Å². The standard InChI is InChI=1S/C44H33N3O/c1-29-13-11-14-30(2)42(29)36-26-38(45-39(27-36)37-23-22-33(28-40(37)48)31-15-5-3-6-16-31)34-19-12-20-35(25-34)43-44(32-17-7-4-8-18-32)47-24-10-9-21-41(47)46-43/h3-28,48H,1-2H3. The van der Waals surface area contributed by atoms with Gasteiger partial charge in [0.15, 0.2) is 0 Å². The van der Waals surface area contributed by atoms with Gasteiger partial charge in [0.05, 0.1) is 22.8 Å². The van der Waals surface area contributed by atoms with Gasteiger partial charge < -0.3 is 5.11 Å². The summed E-state index contributed by atoms with van der Waals surface area (Å²) >= 11 is 0. The Labute approximate surface area is 280 Å². The van der Waals surface area contributed by atoms with Crippen molar-refractivity contribution in [3.05, 3.63) is 169 Å². The molecule has 5 aromatic carbocycles. The maximum Gasteiger partial charge on any atom is 0.137 e. The van der Waals surface area contributed by atoms with Crippen molar-refractivity contribution in [1.82, 2.24) is 14.4 Å². The van der Waals surface area contributed by atoms with Gasteiger partial charge in [-0.1, -0.05) is 109 Å². The zero-order valence-electron chi connectivity index (χ0n) is 26.8. The maximum atomic E-state index is 11.4. The number of hydrogen-bond donors (Lipinski definition) is 1. The second-order valence-corrected chi connectivity index (χ2v) is 12.2. The molecule has 4 nitrogen and oxygen atoms in total. The Kier molecular flexibility index (Phi) is 7.39. The highest BCUT2D eigenvalue weighted by atomic mass is 16.3. The van der Waals surface area contributed by atoms with Crippen LogP contribution in [0.25, 0.3) is 72.9 Å². The number of nitrogens with zero attached hydrogens (tertiary/aromatic N) is 3. The minimum absolute atomic E-state index is 0.194. The van der Waals surface area contributed by atoms with Crippen molar-refractivity contribution in [3.8, 4) is 73.0 Å². The molecule has 0 aliphatic rings. The number of aromatic nitrogens is 3. The largest absolute Gasteiger partial charge is 0.507 e. The van der Waals surface area contributed by atoms with Crippen molar-refractivity contribution in [2.75, 3.05) is 0 Å². The number of pyridine rings is 2. The van der Waals surface area contributed by atoms with E-state index in [-0.39, 0.29) is 5.75 Å². The van der Waals surface area contributed by atoms with E-state index in [1.807, 2.05) is 72.8 Å². The molecule has 0 aliphatic carbocycles. The lowest BCUT2D eigenvalue weighted by Crippen LogP contribution is -1.95. The molecule has 0 saturated heterocycles. The van der Waals surface area contributed by atoms with Crippen molar-refractivity contribution >= 4 is 5.65 Å². The van der Waals surface area contributed by atoms with E-state index in [2.05, 4.69) is 103 Å². The summed E-state index contributed by atoms with van der Waals surface area (Å²) in [6, 6.07) is 51.5. The van der Waals surface area contributed by atoms with Crippen LogP contribution in [0.1, 0.15) is 11.1 Å². The monoisotopic (exact) mass is 619 g/mol. The average Bonchev–Trinajstić information content (AvgIpc) is 3.52. The molecule has 48 heavy (non-hydrogen) atoms. The summed E-state index contributed by atoms with van der Waals surface area (Å²) in [5.41, 5.74) is 14.8. The molecule has 8 rings (SSSR count). The number of hydrogen-bond acceptors (Lipinski definition) is 3. The highest BCUT2D eigenvalue weighted by Crippen LogP contribution is 2.39. The Bertz CT molecular complexity index is 2410. The molecule has 230 valence electrons. The highest BCUT2D eigenvalue weighted by Gasteiger charge is 2.18. The van der Waals surface area contributed by atoms with Crippen LogP contribution in [0, 0.1) is 13.8 Å². The van der Waals surface area contributed by atoms with Gasteiger partial charge in [-0.2, -0.15) is 0 Å². The Morgan fingerprint density at radius 1 is 0.479 bits per heavy atom. The molecular formula is C44H33N3O. The smallest absolute Gasteiger partial charge is 0.137 e. The minimum Gasteiger partial charge on any atom is -0.507 e. The number of aryl methyl sites for hydroxylation is 2. The molecule has 3 heterocycles. The first-order valence-corrected chi connectivity index (χ1v) is 16.1. The van der Waals surface area contributed by atoms with Crippen molar-refractivity contribution in [3.63, 3.8) is 0 Å². The van der Waals surface area contributed by atoms with E-state index in [4.69, 9.17) is 9.97 Å². The first-order valence-electron chi connectivity index (χ1n) is 16.1. The van der Waals surface area contributed by atoms with Gasteiger partial charge in [0.1, 0.15) is 11.4 Å². The van der Waals surface area contributed by atoms with E-state index in [1.54, 1.807) is 0 Å². The predicted molar refractivity (Wildman–Crippen MR) is 197 cm³/mol.